The van der Waals surface area contributed by atoms with E-state index in [1.165, 1.54) is 19.2 Å². The summed E-state index contributed by atoms with van der Waals surface area (Å²) in [6.07, 6.45) is 0.419. The van der Waals surface area contributed by atoms with Gasteiger partial charge in [-0.3, -0.25) is 14.9 Å². The van der Waals surface area contributed by atoms with E-state index in [9.17, 15) is 14.9 Å². The lowest BCUT2D eigenvalue weighted by molar-refractivity contribution is -0.384. The predicted molar refractivity (Wildman–Crippen MR) is 77.4 cm³/mol. The summed E-state index contributed by atoms with van der Waals surface area (Å²) >= 11 is 0. The third kappa shape index (κ3) is 5.03. The van der Waals surface area contributed by atoms with Crippen molar-refractivity contribution in [3.05, 3.63) is 33.9 Å². The van der Waals surface area contributed by atoms with Gasteiger partial charge in [0.15, 0.2) is 0 Å². The molecule has 7 nitrogen and oxygen atoms in total. The van der Waals surface area contributed by atoms with Gasteiger partial charge in [-0.25, -0.2) is 0 Å². The number of esters is 1. The molecule has 0 amide bonds. The number of likely N-dealkylation sites (N-methyl/N-ethyl adjacent to an activating group) is 1. The fourth-order valence-electron chi connectivity index (χ4n) is 1.84. The van der Waals surface area contributed by atoms with Crippen molar-refractivity contribution in [2.75, 3.05) is 20.3 Å². The van der Waals surface area contributed by atoms with Crippen molar-refractivity contribution < 1.29 is 19.2 Å². The number of methoxy groups -OCH3 is 1. The highest BCUT2D eigenvalue weighted by molar-refractivity contribution is 5.75. The van der Waals surface area contributed by atoms with Crippen LogP contribution in [0.5, 0.6) is 5.75 Å². The molecule has 1 rings (SSSR count). The van der Waals surface area contributed by atoms with E-state index in [4.69, 9.17) is 9.47 Å². The molecule has 0 heterocycles. The highest BCUT2D eigenvalue weighted by atomic mass is 16.6. The summed E-state index contributed by atoms with van der Waals surface area (Å²) in [5, 5.41) is 13.7. The maximum Gasteiger partial charge on any atom is 0.322 e. The summed E-state index contributed by atoms with van der Waals surface area (Å²) in [7, 11) is 1.33. The summed E-state index contributed by atoms with van der Waals surface area (Å²) in [6.45, 7) is 4.59. The van der Waals surface area contributed by atoms with Gasteiger partial charge in [0.1, 0.15) is 11.8 Å². The number of hydrogen-bond acceptors (Lipinski definition) is 6. The lowest BCUT2D eigenvalue weighted by Crippen LogP contribution is -2.38. The van der Waals surface area contributed by atoms with E-state index in [2.05, 4.69) is 5.32 Å². The van der Waals surface area contributed by atoms with Crippen LogP contribution in [-0.2, 0) is 9.53 Å². The van der Waals surface area contributed by atoms with E-state index in [1.54, 1.807) is 13.0 Å². The summed E-state index contributed by atoms with van der Waals surface area (Å²) in [4.78, 5) is 21.8. The Balaban J connectivity index is 2.64. The summed E-state index contributed by atoms with van der Waals surface area (Å²) in [5.41, 5.74) is 0.783. The Bertz CT molecular complexity index is 504. The topological polar surface area (TPSA) is 90.7 Å². The van der Waals surface area contributed by atoms with Crippen LogP contribution in [0.15, 0.2) is 18.2 Å². The van der Waals surface area contributed by atoms with E-state index in [0.29, 0.717) is 18.7 Å². The lowest BCUT2D eigenvalue weighted by Gasteiger charge is -2.16. The molecule has 0 aliphatic carbocycles. The number of benzene rings is 1. The third-order valence-electron chi connectivity index (χ3n) is 2.98. The van der Waals surface area contributed by atoms with Crippen LogP contribution in [0.25, 0.3) is 0 Å². The number of rotatable bonds is 8. The number of nitrogens with one attached hydrogen (secondary N) is 1. The monoisotopic (exact) mass is 296 g/mol. The summed E-state index contributed by atoms with van der Waals surface area (Å²) in [6, 6.07) is 4.00. The van der Waals surface area contributed by atoms with Crippen molar-refractivity contribution in [2.45, 2.75) is 26.3 Å². The first-order valence-electron chi connectivity index (χ1n) is 6.68. The molecule has 1 aromatic rings. The minimum atomic E-state index is -0.470. The standard InChI is InChI=1S/C14H20N2O5/c1-4-15-12(14(17)20-3)7-8-21-13-9-11(16(18)19)6-5-10(13)2/h5-6,9,12,15H,4,7-8H2,1-3H3. The Hall–Kier alpha value is -2.15. The van der Waals surface area contributed by atoms with Crippen LogP contribution in [-0.4, -0.2) is 37.2 Å². The molecule has 116 valence electrons. The molecule has 0 saturated carbocycles. The number of hydrogen-bond donors (Lipinski definition) is 1. The number of nitro benzene ring substituents is 1. The fourth-order valence-corrected chi connectivity index (χ4v) is 1.84. The van der Waals surface area contributed by atoms with Crippen molar-refractivity contribution in [3.63, 3.8) is 0 Å². The van der Waals surface area contributed by atoms with Crippen LogP contribution in [0.1, 0.15) is 18.9 Å². The fraction of sp³-hybridized carbons (Fsp3) is 0.500. The van der Waals surface area contributed by atoms with Crippen molar-refractivity contribution in [3.8, 4) is 5.75 Å². The van der Waals surface area contributed by atoms with Crippen LogP contribution in [0.4, 0.5) is 5.69 Å². The van der Waals surface area contributed by atoms with Crippen molar-refractivity contribution in [1.82, 2.24) is 5.32 Å². The molecule has 1 N–H and O–H groups in total. The number of carbonyl (C=O) groups is 1. The second kappa shape index (κ2) is 8.21. The molecule has 0 bridgehead atoms. The molecule has 0 aliphatic heterocycles. The van der Waals surface area contributed by atoms with E-state index in [-0.39, 0.29) is 18.3 Å². The average molecular weight is 296 g/mol. The highest BCUT2D eigenvalue weighted by Gasteiger charge is 2.18. The number of aryl methyl sites for hydroxylation is 1. The highest BCUT2D eigenvalue weighted by Crippen LogP contribution is 2.24. The number of non-ortho nitro benzene ring substituents is 1. The minimum absolute atomic E-state index is 0.0215. The number of carbonyl (C=O) groups excluding carboxylic acids is 1. The Morgan fingerprint density at radius 1 is 1.48 bits per heavy atom. The van der Waals surface area contributed by atoms with Gasteiger partial charge in [-0.15, -0.1) is 0 Å². The van der Waals surface area contributed by atoms with E-state index in [0.717, 1.165) is 5.56 Å². The summed E-state index contributed by atoms with van der Waals surface area (Å²) < 4.78 is 10.2. The van der Waals surface area contributed by atoms with Gasteiger partial charge in [0, 0.05) is 12.5 Å². The van der Waals surface area contributed by atoms with E-state index < -0.39 is 11.0 Å². The van der Waals surface area contributed by atoms with Crippen LogP contribution in [0.3, 0.4) is 0 Å². The maximum atomic E-state index is 11.5. The molecule has 1 unspecified atom stereocenters. The molecule has 21 heavy (non-hydrogen) atoms. The van der Waals surface area contributed by atoms with Gasteiger partial charge >= 0.3 is 5.97 Å². The second-order valence-electron chi connectivity index (χ2n) is 4.48. The van der Waals surface area contributed by atoms with Crippen molar-refractivity contribution in [2.24, 2.45) is 0 Å². The molecule has 0 aliphatic rings. The number of nitro groups is 1. The quantitative estimate of drug-likeness (QED) is 0.447. The zero-order chi connectivity index (χ0) is 15.8. The Kier molecular flexibility index (Phi) is 6.61. The van der Waals surface area contributed by atoms with Gasteiger partial charge < -0.3 is 14.8 Å². The molecular weight excluding hydrogens is 276 g/mol. The molecule has 1 atom stereocenters. The van der Waals surface area contributed by atoms with Crippen LogP contribution < -0.4 is 10.1 Å². The first-order valence-corrected chi connectivity index (χ1v) is 6.68. The van der Waals surface area contributed by atoms with Gasteiger partial charge in [-0.05, 0) is 25.1 Å². The van der Waals surface area contributed by atoms with Gasteiger partial charge in [-0.2, -0.15) is 0 Å². The molecule has 0 aromatic heterocycles. The van der Waals surface area contributed by atoms with Gasteiger partial charge in [0.25, 0.3) is 5.69 Å². The van der Waals surface area contributed by atoms with Gasteiger partial charge in [0.05, 0.1) is 24.7 Å². The van der Waals surface area contributed by atoms with Crippen molar-refractivity contribution >= 4 is 11.7 Å². The minimum Gasteiger partial charge on any atom is -0.493 e. The van der Waals surface area contributed by atoms with Crippen LogP contribution >= 0.6 is 0 Å². The molecular formula is C14H20N2O5. The van der Waals surface area contributed by atoms with Crippen molar-refractivity contribution in [1.29, 1.82) is 0 Å². The smallest absolute Gasteiger partial charge is 0.322 e. The zero-order valence-corrected chi connectivity index (χ0v) is 12.4. The lowest BCUT2D eigenvalue weighted by atomic mass is 10.2. The zero-order valence-electron chi connectivity index (χ0n) is 12.4. The Morgan fingerprint density at radius 3 is 2.76 bits per heavy atom. The van der Waals surface area contributed by atoms with E-state index >= 15 is 0 Å². The predicted octanol–water partition coefficient (Wildman–Crippen LogP) is 1.82. The van der Waals surface area contributed by atoms with Crippen LogP contribution in [0, 0.1) is 17.0 Å². The van der Waals surface area contributed by atoms with Gasteiger partial charge in [0.2, 0.25) is 0 Å². The largest absolute Gasteiger partial charge is 0.493 e. The molecule has 1 aromatic carbocycles. The average Bonchev–Trinajstić information content (AvgIpc) is 2.47. The first-order chi connectivity index (χ1) is 9.99. The molecule has 0 fully saturated rings. The number of ether oxygens (including phenoxy) is 2. The number of nitrogens with zero attached hydrogens (tertiary/aromatic N) is 1. The molecule has 0 saturated heterocycles. The third-order valence-corrected chi connectivity index (χ3v) is 2.98. The first kappa shape index (κ1) is 16.9. The summed E-state index contributed by atoms with van der Waals surface area (Å²) in [5.74, 6) is 0.0977. The Labute approximate surface area is 123 Å². The SMILES string of the molecule is CCNC(CCOc1cc([N+](=O)[O-])ccc1C)C(=O)OC. The van der Waals surface area contributed by atoms with Gasteiger partial charge in [-0.1, -0.05) is 6.92 Å². The second-order valence-corrected chi connectivity index (χ2v) is 4.48. The Morgan fingerprint density at radius 2 is 2.19 bits per heavy atom. The van der Waals surface area contributed by atoms with Crippen LogP contribution in [0.2, 0.25) is 0 Å². The molecule has 7 heteroatoms. The normalized spacial score (nSPS) is 11.8. The van der Waals surface area contributed by atoms with E-state index in [1.807, 2.05) is 6.92 Å². The maximum absolute atomic E-state index is 11.5. The molecule has 0 radical (unpaired) electrons. The molecule has 0 spiro atoms.